The van der Waals surface area contributed by atoms with Crippen LogP contribution in [0.4, 0.5) is 0 Å². The molecule has 2 unspecified atom stereocenters. The maximum Gasteiger partial charge on any atom is 0.0280 e. The van der Waals surface area contributed by atoms with E-state index in [-0.39, 0.29) is 0 Å². The van der Waals surface area contributed by atoms with E-state index in [4.69, 9.17) is 0 Å². The smallest absolute Gasteiger partial charge is 0.0280 e. The molecule has 2 nitrogen and oxygen atoms in total. The molecule has 0 saturated carbocycles. The number of hydrogen-bond acceptors (Lipinski definition) is 2. The second-order valence-electron chi connectivity index (χ2n) is 4.43. The van der Waals surface area contributed by atoms with Crippen molar-refractivity contribution in [2.24, 2.45) is 0 Å². The number of piperazine rings is 1. The van der Waals surface area contributed by atoms with Crippen LogP contribution in [0.25, 0.3) is 0 Å². The third-order valence-corrected chi connectivity index (χ3v) is 3.06. The molecule has 3 rings (SSSR count). The van der Waals surface area contributed by atoms with Gasteiger partial charge >= 0.3 is 0 Å². The highest BCUT2D eigenvalue weighted by molar-refractivity contribution is 4.92. The first-order chi connectivity index (χ1) is 5.18. The van der Waals surface area contributed by atoms with Crippen LogP contribution >= 0.6 is 0 Å². The van der Waals surface area contributed by atoms with Gasteiger partial charge in [0.1, 0.15) is 0 Å². The Morgan fingerprint density at radius 1 is 1.00 bits per heavy atom. The summed E-state index contributed by atoms with van der Waals surface area (Å²) in [6.45, 7) is 11.2. The summed E-state index contributed by atoms with van der Waals surface area (Å²) in [7, 11) is 0. The zero-order valence-electron chi connectivity index (χ0n) is 7.64. The molecule has 3 saturated heterocycles. The Kier molecular flexibility index (Phi) is 1.69. The molecular formula is C9H18N2. The van der Waals surface area contributed by atoms with Crippen LogP contribution in [-0.2, 0) is 0 Å². The predicted octanol–water partition coefficient (Wildman–Crippen LogP) is 0.786. The van der Waals surface area contributed by atoms with Crippen LogP contribution in [0.5, 0.6) is 0 Å². The quantitative estimate of drug-likeness (QED) is 0.509. The van der Waals surface area contributed by atoms with Gasteiger partial charge in [-0.2, -0.15) is 0 Å². The third-order valence-electron chi connectivity index (χ3n) is 3.06. The molecule has 0 spiro atoms. The first-order valence-electron chi connectivity index (χ1n) is 4.66. The lowest BCUT2D eigenvalue weighted by molar-refractivity contribution is 0.0528. The Bertz CT molecular complexity index is 150. The van der Waals surface area contributed by atoms with Gasteiger partial charge in [-0.15, -0.1) is 0 Å². The van der Waals surface area contributed by atoms with Gasteiger partial charge in [0.15, 0.2) is 0 Å². The highest BCUT2D eigenvalue weighted by atomic mass is 15.3. The standard InChI is InChI=1S/C9H18N2/c1-9(2)8-10-4-3-5-11(9)7-6-10/h3-8H2,1-2H3. The topological polar surface area (TPSA) is 6.48 Å². The monoisotopic (exact) mass is 154 g/mol. The summed E-state index contributed by atoms with van der Waals surface area (Å²) in [6.07, 6.45) is 1.36. The van der Waals surface area contributed by atoms with Crippen LogP contribution in [0.3, 0.4) is 0 Å². The van der Waals surface area contributed by atoms with Gasteiger partial charge in [-0.25, -0.2) is 0 Å². The van der Waals surface area contributed by atoms with Crippen LogP contribution < -0.4 is 0 Å². The zero-order valence-corrected chi connectivity index (χ0v) is 7.64. The van der Waals surface area contributed by atoms with Crippen molar-refractivity contribution in [1.29, 1.82) is 0 Å². The van der Waals surface area contributed by atoms with E-state index in [0.717, 1.165) is 0 Å². The summed E-state index contributed by atoms with van der Waals surface area (Å²) in [5, 5.41) is 0. The average Bonchev–Trinajstić information content (AvgIpc) is 2.17. The van der Waals surface area contributed by atoms with Gasteiger partial charge < -0.3 is 4.90 Å². The van der Waals surface area contributed by atoms with Crippen LogP contribution in [0.15, 0.2) is 0 Å². The van der Waals surface area contributed by atoms with Crippen molar-refractivity contribution >= 4 is 0 Å². The van der Waals surface area contributed by atoms with Gasteiger partial charge in [-0.1, -0.05) is 0 Å². The minimum atomic E-state index is 0.439. The third kappa shape index (κ3) is 1.30. The van der Waals surface area contributed by atoms with Crippen LogP contribution in [0, 0.1) is 0 Å². The molecule has 3 aliphatic rings. The van der Waals surface area contributed by atoms with Crippen LogP contribution in [0.2, 0.25) is 0 Å². The average molecular weight is 154 g/mol. The molecule has 2 bridgehead atoms. The minimum absolute atomic E-state index is 0.439. The zero-order chi connectivity index (χ0) is 7.90. The summed E-state index contributed by atoms with van der Waals surface area (Å²) >= 11 is 0. The van der Waals surface area contributed by atoms with E-state index in [1.165, 1.54) is 39.1 Å². The maximum absolute atomic E-state index is 2.64. The van der Waals surface area contributed by atoms with Crippen molar-refractivity contribution in [3.8, 4) is 0 Å². The summed E-state index contributed by atoms with van der Waals surface area (Å²) in [5.41, 5.74) is 0.439. The Morgan fingerprint density at radius 2 is 1.82 bits per heavy atom. The van der Waals surface area contributed by atoms with Gasteiger partial charge in [-0.05, 0) is 33.4 Å². The molecule has 64 valence electrons. The SMILES string of the molecule is CC1(C)CN2CCCN1CC2. The van der Waals surface area contributed by atoms with Crippen molar-refractivity contribution < 1.29 is 0 Å². The summed E-state index contributed by atoms with van der Waals surface area (Å²) in [4.78, 5) is 5.24. The summed E-state index contributed by atoms with van der Waals surface area (Å²) < 4.78 is 0. The fourth-order valence-electron chi connectivity index (χ4n) is 2.38. The second-order valence-corrected chi connectivity index (χ2v) is 4.43. The van der Waals surface area contributed by atoms with Gasteiger partial charge in [0.2, 0.25) is 0 Å². The number of hydrogen-bond donors (Lipinski definition) is 0. The van der Waals surface area contributed by atoms with Gasteiger partial charge in [0.05, 0.1) is 0 Å². The number of fused-ring (bicyclic) bond motifs is 4. The van der Waals surface area contributed by atoms with Gasteiger partial charge in [0.25, 0.3) is 0 Å². The molecule has 3 heterocycles. The van der Waals surface area contributed by atoms with Crippen molar-refractivity contribution in [3.63, 3.8) is 0 Å². The molecule has 2 heteroatoms. The highest BCUT2D eigenvalue weighted by Crippen LogP contribution is 2.23. The highest BCUT2D eigenvalue weighted by Gasteiger charge is 2.35. The Labute approximate surface area is 69.2 Å². The normalized spacial score (nSPS) is 42.0. The van der Waals surface area contributed by atoms with E-state index in [0.29, 0.717) is 5.54 Å². The lowest BCUT2D eigenvalue weighted by Crippen LogP contribution is -2.56. The molecule has 11 heavy (non-hydrogen) atoms. The molecule has 0 amide bonds. The molecule has 0 aromatic heterocycles. The largest absolute Gasteiger partial charge is 0.300 e. The molecule has 3 aliphatic heterocycles. The molecule has 3 fully saturated rings. The Hall–Kier alpha value is -0.0800. The summed E-state index contributed by atoms with van der Waals surface area (Å²) in [6, 6.07) is 0. The number of nitrogens with zero attached hydrogens (tertiary/aromatic N) is 2. The second kappa shape index (κ2) is 2.46. The van der Waals surface area contributed by atoms with Crippen molar-refractivity contribution in [2.75, 3.05) is 32.7 Å². The van der Waals surface area contributed by atoms with Crippen molar-refractivity contribution in [3.05, 3.63) is 0 Å². The molecule has 0 N–H and O–H groups in total. The van der Waals surface area contributed by atoms with Gasteiger partial charge in [0, 0.05) is 25.2 Å². The molecule has 0 aromatic rings. The summed E-state index contributed by atoms with van der Waals surface area (Å²) in [5.74, 6) is 0. The molecule has 2 atom stereocenters. The minimum Gasteiger partial charge on any atom is -0.300 e. The molecular weight excluding hydrogens is 136 g/mol. The fourth-order valence-corrected chi connectivity index (χ4v) is 2.38. The van der Waals surface area contributed by atoms with E-state index in [1.807, 2.05) is 0 Å². The van der Waals surface area contributed by atoms with E-state index in [2.05, 4.69) is 23.6 Å². The lowest BCUT2D eigenvalue weighted by atomic mass is 10.0. The molecule has 0 aliphatic carbocycles. The van der Waals surface area contributed by atoms with Gasteiger partial charge in [-0.3, -0.25) is 4.90 Å². The predicted molar refractivity (Wildman–Crippen MR) is 46.7 cm³/mol. The van der Waals surface area contributed by atoms with Crippen LogP contribution in [-0.4, -0.2) is 48.1 Å². The van der Waals surface area contributed by atoms with E-state index in [9.17, 15) is 0 Å². The Balaban J connectivity index is 2.17. The molecule has 0 radical (unpaired) electrons. The van der Waals surface area contributed by atoms with Crippen LogP contribution in [0.1, 0.15) is 20.3 Å². The molecule has 0 aromatic carbocycles. The van der Waals surface area contributed by atoms with Crippen molar-refractivity contribution in [2.45, 2.75) is 25.8 Å². The Morgan fingerprint density at radius 3 is 2.55 bits per heavy atom. The number of rotatable bonds is 0. The first-order valence-corrected chi connectivity index (χ1v) is 4.66. The van der Waals surface area contributed by atoms with E-state index >= 15 is 0 Å². The first kappa shape index (κ1) is 7.56. The fraction of sp³-hybridized carbons (Fsp3) is 1.00. The lowest BCUT2D eigenvalue weighted by Gasteiger charge is -2.43. The maximum atomic E-state index is 2.64. The van der Waals surface area contributed by atoms with Crippen molar-refractivity contribution in [1.82, 2.24) is 9.80 Å². The van der Waals surface area contributed by atoms with E-state index in [1.54, 1.807) is 0 Å². The van der Waals surface area contributed by atoms with E-state index < -0.39 is 0 Å².